The summed E-state index contributed by atoms with van der Waals surface area (Å²) in [5.74, 6) is 0.412. The molecule has 0 amide bonds. The van der Waals surface area contributed by atoms with Gasteiger partial charge in [0.1, 0.15) is 0 Å². The number of hydrogen-bond acceptors (Lipinski definition) is 1. The van der Waals surface area contributed by atoms with Gasteiger partial charge in [-0.15, -0.1) is 5.98 Å². The van der Waals surface area contributed by atoms with E-state index in [2.05, 4.69) is 4.98 Å². The lowest BCUT2D eigenvalue weighted by molar-refractivity contribution is 0.499. The molecule has 0 spiro atoms. The van der Waals surface area contributed by atoms with Crippen molar-refractivity contribution in [3.05, 3.63) is 35.6 Å². The molecule has 0 aliphatic rings. The van der Waals surface area contributed by atoms with Crippen molar-refractivity contribution in [1.29, 1.82) is 0 Å². The number of rotatable bonds is 3. The van der Waals surface area contributed by atoms with Crippen LogP contribution < -0.4 is 0 Å². The summed E-state index contributed by atoms with van der Waals surface area (Å²) in [7, 11) is 0. The minimum Gasteiger partial charge on any atom is -0.445 e. The van der Waals surface area contributed by atoms with Crippen LogP contribution >= 0.6 is 0 Å². The van der Waals surface area contributed by atoms with Gasteiger partial charge in [-0.25, -0.2) is 0 Å². The van der Waals surface area contributed by atoms with Crippen LogP contribution in [0.15, 0.2) is 24.3 Å². The summed E-state index contributed by atoms with van der Waals surface area (Å²) in [6, 6.07) is 3.27. The van der Waals surface area contributed by atoms with Crippen molar-refractivity contribution >= 4 is 13.1 Å². The molecule has 0 N–H and O–H groups in total. The molecule has 82 valence electrons. The SMILES string of the molecule is CC(C)c1ncccc1/C=C/[B-](F)(F)F. The van der Waals surface area contributed by atoms with Crippen LogP contribution in [0.3, 0.4) is 0 Å². The Morgan fingerprint density at radius 2 is 2.00 bits per heavy atom. The highest BCUT2D eigenvalue weighted by atomic mass is 19.4. The molecule has 1 aromatic heterocycles. The summed E-state index contributed by atoms with van der Waals surface area (Å²) < 4.78 is 36.1. The third kappa shape index (κ3) is 3.77. The van der Waals surface area contributed by atoms with Gasteiger partial charge >= 0.3 is 6.98 Å². The molecule has 0 saturated carbocycles. The van der Waals surface area contributed by atoms with Crippen molar-refractivity contribution in [3.63, 3.8) is 0 Å². The maximum absolute atomic E-state index is 12.0. The molecule has 1 nitrogen and oxygen atoms in total. The van der Waals surface area contributed by atoms with Crippen LogP contribution in [0.1, 0.15) is 31.0 Å². The number of pyridine rings is 1. The zero-order valence-corrected chi connectivity index (χ0v) is 8.62. The standard InChI is InChI=1S/C10H12BF3N/c1-8(2)10-9(4-3-7-15-10)5-6-11(12,13)14/h3-8H,1-2H3/q-1/b6-5+. The lowest BCUT2D eigenvalue weighted by Gasteiger charge is -2.10. The summed E-state index contributed by atoms with van der Waals surface area (Å²) in [6.45, 7) is -1.07. The van der Waals surface area contributed by atoms with E-state index in [0.29, 0.717) is 17.2 Å². The zero-order chi connectivity index (χ0) is 11.5. The molecule has 0 radical (unpaired) electrons. The molecule has 1 rings (SSSR count). The Labute approximate surface area is 87.1 Å². The second-order valence-electron chi connectivity index (χ2n) is 3.62. The van der Waals surface area contributed by atoms with Crippen molar-refractivity contribution in [1.82, 2.24) is 4.98 Å². The van der Waals surface area contributed by atoms with Crippen molar-refractivity contribution < 1.29 is 12.9 Å². The first-order valence-corrected chi connectivity index (χ1v) is 4.74. The van der Waals surface area contributed by atoms with Gasteiger partial charge in [0.15, 0.2) is 0 Å². The van der Waals surface area contributed by atoms with E-state index < -0.39 is 6.98 Å². The Kier molecular flexibility index (Phi) is 3.55. The molecule has 0 aliphatic heterocycles. The molecular formula is C10H12BF3N-. The number of hydrogen-bond donors (Lipinski definition) is 0. The van der Waals surface area contributed by atoms with Gasteiger partial charge in [0.25, 0.3) is 0 Å². The summed E-state index contributed by atoms with van der Waals surface area (Å²) in [5, 5.41) is 0. The van der Waals surface area contributed by atoms with Crippen LogP contribution in [0.5, 0.6) is 0 Å². The topological polar surface area (TPSA) is 12.9 Å². The molecular weight excluding hydrogens is 202 g/mol. The quantitative estimate of drug-likeness (QED) is 0.700. The maximum atomic E-state index is 12.0. The van der Waals surface area contributed by atoms with E-state index in [4.69, 9.17) is 0 Å². The first-order chi connectivity index (χ1) is 6.90. The highest BCUT2D eigenvalue weighted by Crippen LogP contribution is 2.19. The van der Waals surface area contributed by atoms with Gasteiger partial charge in [-0.1, -0.05) is 26.0 Å². The van der Waals surface area contributed by atoms with Gasteiger partial charge < -0.3 is 12.9 Å². The summed E-state index contributed by atoms with van der Waals surface area (Å²) >= 11 is 0. The third-order valence-electron chi connectivity index (χ3n) is 1.91. The van der Waals surface area contributed by atoms with Gasteiger partial charge in [0.2, 0.25) is 0 Å². The van der Waals surface area contributed by atoms with Gasteiger partial charge in [0, 0.05) is 11.9 Å². The van der Waals surface area contributed by atoms with Gasteiger partial charge in [-0.3, -0.25) is 4.98 Å². The molecule has 0 aliphatic carbocycles. The molecule has 0 saturated heterocycles. The lowest BCUT2D eigenvalue weighted by atomic mass is 9.90. The van der Waals surface area contributed by atoms with Crippen molar-refractivity contribution in [2.75, 3.05) is 0 Å². The van der Waals surface area contributed by atoms with Gasteiger partial charge in [0.05, 0.1) is 0 Å². The Bertz CT molecular complexity index is 358. The highest BCUT2D eigenvalue weighted by Gasteiger charge is 2.17. The molecule has 1 heterocycles. The monoisotopic (exact) mass is 214 g/mol. The average molecular weight is 214 g/mol. The molecule has 5 heteroatoms. The fourth-order valence-corrected chi connectivity index (χ4v) is 1.27. The van der Waals surface area contributed by atoms with Crippen LogP contribution in [-0.4, -0.2) is 12.0 Å². The van der Waals surface area contributed by atoms with E-state index in [0.717, 1.165) is 6.08 Å². The number of halogens is 3. The summed E-state index contributed by atoms with van der Waals surface area (Å²) in [6.07, 6.45) is 2.67. The minimum atomic E-state index is -4.87. The molecule has 0 bridgehead atoms. The Balaban J connectivity index is 2.99. The Morgan fingerprint density at radius 3 is 2.53 bits per heavy atom. The van der Waals surface area contributed by atoms with Crippen LogP contribution in [0.25, 0.3) is 6.08 Å². The predicted octanol–water partition coefficient (Wildman–Crippen LogP) is 3.60. The molecule has 15 heavy (non-hydrogen) atoms. The minimum absolute atomic E-state index is 0.117. The largest absolute Gasteiger partial charge is 0.502 e. The molecule has 0 unspecified atom stereocenters. The van der Waals surface area contributed by atoms with E-state index in [1.165, 1.54) is 0 Å². The second-order valence-corrected chi connectivity index (χ2v) is 3.62. The van der Waals surface area contributed by atoms with Crippen molar-refractivity contribution in [2.24, 2.45) is 0 Å². The molecule has 0 aromatic carbocycles. The van der Waals surface area contributed by atoms with Gasteiger partial charge in [-0.2, -0.15) is 0 Å². The average Bonchev–Trinajstić information content (AvgIpc) is 2.14. The molecule has 0 atom stereocenters. The number of aromatic nitrogens is 1. The maximum Gasteiger partial charge on any atom is 0.502 e. The van der Waals surface area contributed by atoms with Crippen molar-refractivity contribution in [3.8, 4) is 0 Å². The number of nitrogens with zero attached hydrogens (tertiary/aromatic N) is 1. The molecule has 0 fully saturated rings. The fourth-order valence-electron chi connectivity index (χ4n) is 1.27. The fraction of sp³-hybridized carbons (Fsp3) is 0.300. The Morgan fingerprint density at radius 1 is 1.33 bits per heavy atom. The zero-order valence-electron chi connectivity index (χ0n) is 8.62. The highest BCUT2D eigenvalue weighted by molar-refractivity contribution is 6.64. The van der Waals surface area contributed by atoms with Gasteiger partial charge in [-0.05, 0) is 17.5 Å². The van der Waals surface area contributed by atoms with Crippen LogP contribution in [0, 0.1) is 0 Å². The first-order valence-electron chi connectivity index (χ1n) is 4.74. The van der Waals surface area contributed by atoms with Crippen LogP contribution in [-0.2, 0) is 0 Å². The van der Waals surface area contributed by atoms with E-state index in [-0.39, 0.29) is 5.92 Å². The summed E-state index contributed by atoms with van der Waals surface area (Å²) in [4.78, 5) is 4.07. The lowest BCUT2D eigenvalue weighted by Crippen LogP contribution is -2.09. The second kappa shape index (κ2) is 4.51. The van der Waals surface area contributed by atoms with E-state index in [1.807, 2.05) is 13.8 Å². The summed E-state index contributed by atoms with van der Waals surface area (Å²) in [5.41, 5.74) is 1.22. The predicted molar refractivity (Wildman–Crippen MR) is 56.4 cm³/mol. The van der Waals surface area contributed by atoms with E-state index in [9.17, 15) is 12.9 Å². The Hall–Kier alpha value is -1.26. The normalized spacial score (nSPS) is 12.7. The van der Waals surface area contributed by atoms with Crippen molar-refractivity contribution in [2.45, 2.75) is 19.8 Å². The van der Waals surface area contributed by atoms with Crippen LogP contribution in [0.2, 0.25) is 0 Å². The van der Waals surface area contributed by atoms with Crippen LogP contribution in [0.4, 0.5) is 12.9 Å². The first kappa shape index (κ1) is 11.8. The van der Waals surface area contributed by atoms with E-state index >= 15 is 0 Å². The van der Waals surface area contributed by atoms with E-state index in [1.54, 1.807) is 18.3 Å². The molecule has 1 aromatic rings. The third-order valence-corrected chi connectivity index (χ3v) is 1.91. The smallest absolute Gasteiger partial charge is 0.445 e.